The van der Waals surface area contributed by atoms with Crippen molar-refractivity contribution in [3.63, 3.8) is 0 Å². The Bertz CT molecular complexity index is 626. The Morgan fingerprint density at radius 2 is 1.97 bits per heavy atom. The molecule has 1 unspecified atom stereocenters. The first-order chi connectivity index (χ1) is 13.8. The highest BCUT2D eigenvalue weighted by molar-refractivity contribution is 9.10. The molecule has 0 saturated carbocycles. The summed E-state index contributed by atoms with van der Waals surface area (Å²) in [7, 11) is 1.65. The maximum absolute atomic E-state index is 12.3. The summed E-state index contributed by atoms with van der Waals surface area (Å²) in [6.45, 7) is 8.35. The van der Waals surface area contributed by atoms with E-state index < -0.39 is 5.60 Å². The molecular weight excluding hydrogens is 438 g/mol. The van der Waals surface area contributed by atoms with Crippen molar-refractivity contribution in [3.8, 4) is 0 Å². The second-order valence-corrected chi connectivity index (χ2v) is 9.28. The lowest BCUT2D eigenvalue weighted by molar-refractivity contribution is -0.118. The first-order valence-electron chi connectivity index (χ1n) is 10.2. The lowest BCUT2D eigenvalue weighted by atomic mass is 9.88. The number of carbonyl (C=O) groups is 1. The monoisotopic (exact) mass is 471 g/mol. The van der Waals surface area contributed by atoms with Gasteiger partial charge < -0.3 is 23.8 Å². The number of carbonyl (C=O) groups excluding carboxylic acids is 1. The van der Waals surface area contributed by atoms with E-state index in [1.807, 2.05) is 32.9 Å². The van der Waals surface area contributed by atoms with E-state index >= 15 is 0 Å². The van der Waals surface area contributed by atoms with E-state index in [1.54, 1.807) is 12.0 Å². The number of piperidine rings is 1. The summed E-state index contributed by atoms with van der Waals surface area (Å²) >= 11 is 3.54. The molecule has 0 N–H and O–H groups in total. The van der Waals surface area contributed by atoms with E-state index in [-0.39, 0.29) is 19.0 Å². The van der Waals surface area contributed by atoms with Crippen LogP contribution in [0.1, 0.15) is 39.2 Å². The maximum Gasteiger partial charge on any atom is 0.410 e. The van der Waals surface area contributed by atoms with Gasteiger partial charge in [0.25, 0.3) is 0 Å². The van der Waals surface area contributed by atoms with Crippen LogP contribution in [-0.2, 0) is 25.4 Å². The quantitative estimate of drug-likeness (QED) is 0.387. The van der Waals surface area contributed by atoms with Gasteiger partial charge in [0.2, 0.25) is 0 Å². The summed E-state index contributed by atoms with van der Waals surface area (Å²) < 4.78 is 23.2. The molecule has 29 heavy (non-hydrogen) atoms. The molecule has 0 bridgehead atoms. The molecule has 1 saturated heterocycles. The van der Waals surface area contributed by atoms with Gasteiger partial charge in [-0.2, -0.15) is 0 Å². The number of hydrogen-bond donors (Lipinski definition) is 0. The van der Waals surface area contributed by atoms with Crippen molar-refractivity contribution >= 4 is 22.0 Å². The number of methoxy groups -OCH3 is 1. The van der Waals surface area contributed by atoms with Crippen LogP contribution < -0.4 is 0 Å². The third kappa shape index (κ3) is 9.03. The Kier molecular flexibility index (Phi) is 9.89. The molecule has 1 amide bonds. The van der Waals surface area contributed by atoms with E-state index in [2.05, 4.69) is 28.1 Å². The van der Waals surface area contributed by atoms with Crippen molar-refractivity contribution in [3.05, 3.63) is 34.3 Å². The first-order valence-corrected chi connectivity index (χ1v) is 11.0. The van der Waals surface area contributed by atoms with E-state index in [0.29, 0.717) is 32.2 Å². The topological polar surface area (TPSA) is 57.2 Å². The molecule has 1 heterocycles. The summed E-state index contributed by atoms with van der Waals surface area (Å²) in [5.74, 6) is 0.360. The average molecular weight is 472 g/mol. The van der Waals surface area contributed by atoms with Gasteiger partial charge >= 0.3 is 6.09 Å². The lowest BCUT2D eigenvalue weighted by Gasteiger charge is -2.36. The lowest BCUT2D eigenvalue weighted by Crippen LogP contribution is -2.44. The number of amides is 1. The summed E-state index contributed by atoms with van der Waals surface area (Å²) in [5, 5.41) is 0. The zero-order chi connectivity index (χ0) is 21.3. The minimum absolute atomic E-state index is 0.0348. The highest BCUT2D eigenvalue weighted by atomic mass is 79.9. The van der Waals surface area contributed by atoms with E-state index in [9.17, 15) is 4.79 Å². The number of likely N-dealkylation sites (tertiary alicyclic amines) is 1. The van der Waals surface area contributed by atoms with Crippen LogP contribution in [0, 0.1) is 5.92 Å². The number of halogens is 1. The molecule has 0 aliphatic carbocycles. The molecule has 1 aliphatic rings. The molecule has 0 radical (unpaired) electrons. The molecular formula is C22H34BrNO5. The highest BCUT2D eigenvalue weighted by Crippen LogP contribution is 2.27. The SMILES string of the molecule is COCCOCOC(Cc1cccc(Br)c1)C1CCN(C(=O)OC(C)(C)C)CC1. The van der Waals surface area contributed by atoms with E-state index in [4.69, 9.17) is 18.9 Å². The van der Waals surface area contributed by atoms with Crippen LogP contribution in [0.4, 0.5) is 4.79 Å². The van der Waals surface area contributed by atoms with Gasteiger partial charge in [-0.05, 0) is 63.6 Å². The summed E-state index contributed by atoms with van der Waals surface area (Å²) in [4.78, 5) is 14.1. The van der Waals surface area contributed by atoms with Gasteiger partial charge in [0.1, 0.15) is 12.4 Å². The molecule has 164 valence electrons. The maximum atomic E-state index is 12.3. The van der Waals surface area contributed by atoms with Gasteiger partial charge in [0, 0.05) is 24.7 Å². The minimum atomic E-state index is -0.472. The fourth-order valence-electron chi connectivity index (χ4n) is 3.37. The van der Waals surface area contributed by atoms with Gasteiger partial charge in [-0.1, -0.05) is 28.1 Å². The third-order valence-corrected chi connectivity index (χ3v) is 5.33. The number of ether oxygens (including phenoxy) is 4. The van der Waals surface area contributed by atoms with Crippen LogP contribution in [0.25, 0.3) is 0 Å². The van der Waals surface area contributed by atoms with Crippen molar-refractivity contribution in [1.82, 2.24) is 4.90 Å². The Hall–Kier alpha value is -1.15. The number of nitrogens with zero attached hydrogens (tertiary/aromatic N) is 1. The zero-order valence-electron chi connectivity index (χ0n) is 18.0. The predicted molar refractivity (Wildman–Crippen MR) is 116 cm³/mol. The first kappa shape index (κ1) is 24.1. The number of hydrogen-bond acceptors (Lipinski definition) is 5. The van der Waals surface area contributed by atoms with Crippen LogP contribution in [-0.4, -0.2) is 62.9 Å². The zero-order valence-corrected chi connectivity index (χ0v) is 19.6. The average Bonchev–Trinajstić information content (AvgIpc) is 2.66. The van der Waals surface area contributed by atoms with Gasteiger partial charge in [-0.15, -0.1) is 0 Å². The standard InChI is InChI=1S/C22H34BrNO5/c1-22(2,3)29-21(25)24-10-8-18(9-11-24)20(28-16-27-13-12-26-4)15-17-6-5-7-19(23)14-17/h5-7,14,18,20H,8-13,15-16H2,1-4H3. The molecule has 1 aromatic carbocycles. The smallest absolute Gasteiger partial charge is 0.410 e. The molecule has 1 aromatic rings. The summed E-state index contributed by atoms with van der Waals surface area (Å²) in [6, 6.07) is 8.30. The summed E-state index contributed by atoms with van der Waals surface area (Å²) in [6.07, 6.45) is 2.38. The van der Waals surface area contributed by atoms with Crippen LogP contribution in [0.15, 0.2) is 28.7 Å². The third-order valence-electron chi connectivity index (χ3n) is 4.84. The molecule has 0 spiro atoms. The van der Waals surface area contributed by atoms with Crippen molar-refractivity contribution in [2.24, 2.45) is 5.92 Å². The van der Waals surface area contributed by atoms with Crippen LogP contribution in [0.5, 0.6) is 0 Å². The Morgan fingerprint density at radius 3 is 2.59 bits per heavy atom. The molecule has 0 aromatic heterocycles. The van der Waals surface area contributed by atoms with Crippen molar-refractivity contribution < 1.29 is 23.7 Å². The second kappa shape index (κ2) is 11.9. The molecule has 1 fully saturated rings. The predicted octanol–water partition coefficient (Wildman–Crippen LogP) is 4.64. The fraction of sp³-hybridized carbons (Fsp3) is 0.682. The van der Waals surface area contributed by atoms with E-state index in [1.165, 1.54) is 5.56 Å². The van der Waals surface area contributed by atoms with Gasteiger partial charge in [-0.25, -0.2) is 4.79 Å². The van der Waals surface area contributed by atoms with Crippen molar-refractivity contribution in [2.45, 2.75) is 51.7 Å². The molecule has 7 heteroatoms. The van der Waals surface area contributed by atoms with Gasteiger partial charge in [0.05, 0.1) is 19.3 Å². The largest absolute Gasteiger partial charge is 0.444 e. The van der Waals surface area contributed by atoms with Crippen LogP contribution in [0.2, 0.25) is 0 Å². The molecule has 6 nitrogen and oxygen atoms in total. The van der Waals surface area contributed by atoms with Crippen LogP contribution in [0.3, 0.4) is 0 Å². The highest BCUT2D eigenvalue weighted by Gasteiger charge is 2.31. The van der Waals surface area contributed by atoms with Gasteiger partial charge in [-0.3, -0.25) is 0 Å². The molecule has 1 aliphatic heterocycles. The number of benzene rings is 1. The van der Waals surface area contributed by atoms with Gasteiger partial charge in [0.15, 0.2) is 0 Å². The van der Waals surface area contributed by atoms with Crippen molar-refractivity contribution in [1.29, 1.82) is 0 Å². The minimum Gasteiger partial charge on any atom is -0.444 e. The molecule has 1 atom stereocenters. The Morgan fingerprint density at radius 1 is 1.24 bits per heavy atom. The molecule has 2 rings (SSSR count). The Balaban J connectivity index is 1.93. The van der Waals surface area contributed by atoms with Crippen LogP contribution >= 0.6 is 15.9 Å². The van der Waals surface area contributed by atoms with E-state index in [0.717, 1.165) is 23.7 Å². The van der Waals surface area contributed by atoms with Crippen molar-refractivity contribution in [2.75, 3.05) is 40.2 Å². The normalized spacial score (nSPS) is 16.7. The second-order valence-electron chi connectivity index (χ2n) is 8.36. The number of rotatable bonds is 9. The fourth-order valence-corrected chi connectivity index (χ4v) is 3.82. The summed E-state index contributed by atoms with van der Waals surface area (Å²) in [5.41, 5.74) is 0.746. The Labute approximate surface area is 183 Å².